The van der Waals surface area contributed by atoms with Gasteiger partial charge in [-0.2, -0.15) is 5.21 Å². The Balaban J connectivity index is 1.64. The number of tetrazole rings is 1. The van der Waals surface area contributed by atoms with Crippen molar-refractivity contribution >= 4 is 23.7 Å². The second kappa shape index (κ2) is 12.1. The molecule has 2 aromatic carbocycles. The van der Waals surface area contributed by atoms with Gasteiger partial charge in [0.15, 0.2) is 10.8 Å². The average molecular weight is 553 g/mol. The number of hydrogen-bond donors (Lipinski definition) is 1. The molecule has 2 heterocycles. The number of benzene rings is 2. The van der Waals surface area contributed by atoms with Gasteiger partial charge in [-0.3, -0.25) is 0 Å². The zero-order valence-corrected chi connectivity index (χ0v) is 22.9. The number of nitrogens with zero attached hydrogens (tertiary/aromatic N) is 5. The van der Waals surface area contributed by atoms with E-state index in [1.807, 2.05) is 55.5 Å². The minimum Gasteiger partial charge on any atom is -0.428 e. The molecule has 0 atom stereocenters. The first-order valence-corrected chi connectivity index (χ1v) is 12.7. The topological polar surface area (TPSA) is 134 Å². The molecule has 0 spiro atoms. The third-order valence-corrected chi connectivity index (χ3v) is 5.84. The summed E-state index contributed by atoms with van der Waals surface area (Å²) in [6.07, 6.45) is 0.422. The number of nitrogens with one attached hydrogen (secondary N) is 1. The molecular formula is C27H29ClN6O5. The van der Waals surface area contributed by atoms with Crippen LogP contribution in [0.3, 0.4) is 0 Å². The minimum atomic E-state index is -0.948. The number of aryl methyl sites for hydroxylation is 1. The van der Waals surface area contributed by atoms with Gasteiger partial charge in [0.25, 0.3) is 0 Å². The van der Waals surface area contributed by atoms with E-state index in [0.717, 1.165) is 28.7 Å². The highest BCUT2D eigenvalue weighted by Gasteiger charge is 2.25. The lowest BCUT2D eigenvalue weighted by atomic mass is 9.95. The highest BCUT2D eigenvalue weighted by atomic mass is 35.5. The molecule has 0 aliphatic carbocycles. The van der Waals surface area contributed by atoms with Crippen LogP contribution in [0.2, 0.25) is 5.15 Å². The van der Waals surface area contributed by atoms with E-state index in [9.17, 15) is 9.59 Å². The number of halogens is 1. The average Bonchev–Trinajstić information content (AvgIpc) is 3.52. The lowest BCUT2D eigenvalue weighted by Crippen LogP contribution is -2.25. The van der Waals surface area contributed by atoms with Gasteiger partial charge in [-0.15, -0.1) is 10.2 Å². The molecule has 0 fully saturated rings. The molecule has 0 aliphatic heterocycles. The number of carbonyl (C=O) groups excluding carboxylic acids is 2. The molecule has 4 rings (SSSR count). The second-order valence-electron chi connectivity index (χ2n) is 9.60. The number of rotatable bonds is 9. The minimum absolute atomic E-state index is 0.00500. The number of H-pyrrole nitrogens is 1. The van der Waals surface area contributed by atoms with Crippen LogP contribution in [0, 0.1) is 0 Å². The van der Waals surface area contributed by atoms with Crippen LogP contribution in [0.25, 0.3) is 22.5 Å². The van der Waals surface area contributed by atoms with Crippen molar-refractivity contribution in [2.45, 2.75) is 52.7 Å². The summed E-state index contributed by atoms with van der Waals surface area (Å²) in [6.45, 7) is 6.76. The molecule has 0 aliphatic rings. The van der Waals surface area contributed by atoms with Crippen molar-refractivity contribution in [3.63, 3.8) is 0 Å². The molecule has 204 valence electrons. The first-order valence-electron chi connectivity index (χ1n) is 12.4. The maximum absolute atomic E-state index is 13.1. The van der Waals surface area contributed by atoms with Crippen molar-refractivity contribution in [3.8, 4) is 22.5 Å². The van der Waals surface area contributed by atoms with E-state index < -0.39 is 24.5 Å². The predicted octanol–water partition coefficient (Wildman–Crippen LogP) is 5.45. The van der Waals surface area contributed by atoms with Gasteiger partial charge >= 0.3 is 12.1 Å². The van der Waals surface area contributed by atoms with E-state index in [-0.39, 0.29) is 17.4 Å². The Labute approximate surface area is 230 Å². The van der Waals surface area contributed by atoms with E-state index >= 15 is 0 Å². The zero-order chi connectivity index (χ0) is 28.0. The van der Waals surface area contributed by atoms with Crippen molar-refractivity contribution in [1.82, 2.24) is 30.2 Å². The Bertz CT molecular complexity index is 1450. The Morgan fingerprint density at radius 2 is 1.69 bits per heavy atom. The first kappa shape index (κ1) is 27.8. The monoisotopic (exact) mass is 552 g/mol. The highest BCUT2D eigenvalue weighted by Crippen LogP contribution is 2.33. The standard InChI is InChI=1S/C27H29ClN6O5/c1-5-10-21-29-23(28)22(25(35)37-16-38-26(36)39-27(2,3)4)34(21)15-17-11-6-7-12-18(17)19-13-8-9-14-20(19)24-30-32-33-31-24/h6-9,11-14H,5,10,15-16H2,1-4H3,(H,30,31,32,33). The summed E-state index contributed by atoms with van der Waals surface area (Å²) in [5.74, 6) is 0.318. The van der Waals surface area contributed by atoms with E-state index in [1.165, 1.54) is 0 Å². The van der Waals surface area contributed by atoms with Gasteiger partial charge in [0.2, 0.25) is 12.6 Å². The summed E-state index contributed by atoms with van der Waals surface area (Å²) in [5, 5.41) is 14.5. The van der Waals surface area contributed by atoms with Crippen molar-refractivity contribution < 1.29 is 23.8 Å². The molecular weight excluding hydrogens is 524 g/mol. The van der Waals surface area contributed by atoms with Crippen molar-refractivity contribution in [2.75, 3.05) is 6.79 Å². The lowest BCUT2D eigenvalue weighted by Gasteiger charge is -2.18. The molecule has 39 heavy (non-hydrogen) atoms. The van der Waals surface area contributed by atoms with Crippen LogP contribution >= 0.6 is 11.6 Å². The molecule has 12 heteroatoms. The molecule has 0 bridgehead atoms. The van der Waals surface area contributed by atoms with E-state index in [2.05, 4.69) is 25.6 Å². The second-order valence-corrected chi connectivity index (χ2v) is 9.96. The molecule has 0 amide bonds. The molecule has 0 radical (unpaired) electrons. The van der Waals surface area contributed by atoms with Gasteiger partial charge in [0, 0.05) is 12.0 Å². The van der Waals surface area contributed by atoms with Crippen LogP contribution in [-0.4, -0.2) is 54.7 Å². The third kappa shape index (κ3) is 6.80. The lowest BCUT2D eigenvalue weighted by molar-refractivity contribution is -0.0527. The largest absolute Gasteiger partial charge is 0.511 e. The number of ether oxygens (including phenoxy) is 3. The van der Waals surface area contributed by atoms with Crippen LogP contribution in [0.1, 0.15) is 56.0 Å². The van der Waals surface area contributed by atoms with Crippen LogP contribution in [0.5, 0.6) is 0 Å². The maximum Gasteiger partial charge on any atom is 0.511 e. The van der Waals surface area contributed by atoms with E-state index in [4.69, 9.17) is 25.8 Å². The Morgan fingerprint density at radius 1 is 1.00 bits per heavy atom. The summed E-state index contributed by atoms with van der Waals surface area (Å²) in [4.78, 5) is 29.4. The van der Waals surface area contributed by atoms with Crippen molar-refractivity contribution in [3.05, 3.63) is 70.8 Å². The highest BCUT2D eigenvalue weighted by molar-refractivity contribution is 6.32. The number of hydrogen-bond acceptors (Lipinski definition) is 9. The van der Waals surface area contributed by atoms with Gasteiger partial charge in [-0.05, 0) is 49.1 Å². The maximum atomic E-state index is 13.1. The normalized spacial score (nSPS) is 11.3. The van der Waals surface area contributed by atoms with Crippen LogP contribution in [0.4, 0.5) is 4.79 Å². The van der Waals surface area contributed by atoms with Gasteiger partial charge in [-0.1, -0.05) is 67.1 Å². The SMILES string of the molecule is CCCc1nc(Cl)c(C(=O)OCOC(=O)OC(C)(C)C)n1Cc1ccccc1-c1ccccc1-c1nn[nH]n1. The Hall–Kier alpha value is -4.25. The molecule has 11 nitrogen and oxygen atoms in total. The summed E-state index contributed by atoms with van der Waals surface area (Å²) < 4.78 is 16.9. The summed E-state index contributed by atoms with van der Waals surface area (Å²) >= 11 is 6.43. The first-order chi connectivity index (χ1) is 18.7. The predicted molar refractivity (Wildman–Crippen MR) is 143 cm³/mol. The molecule has 0 saturated heterocycles. The third-order valence-electron chi connectivity index (χ3n) is 5.58. The number of aromatic amines is 1. The van der Waals surface area contributed by atoms with E-state index in [1.54, 1.807) is 25.3 Å². The van der Waals surface area contributed by atoms with Crippen molar-refractivity contribution in [2.24, 2.45) is 0 Å². The number of carbonyl (C=O) groups is 2. The van der Waals surface area contributed by atoms with Crippen LogP contribution in [-0.2, 0) is 27.2 Å². The molecule has 4 aromatic rings. The smallest absolute Gasteiger partial charge is 0.428 e. The number of esters is 1. The fourth-order valence-corrected chi connectivity index (χ4v) is 4.28. The van der Waals surface area contributed by atoms with Gasteiger partial charge in [-0.25, -0.2) is 14.6 Å². The van der Waals surface area contributed by atoms with E-state index in [0.29, 0.717) is 18.1 Å². The summed E-state index contributed by atoms with van der Waals surface area (Å²) in [6, 6.07) is 15.5. The summed E-state index contributed by atoms with van der Waals surface area (Å²) in [5.41, 5.74) is 2.84. The van der Waals surface area contributed by atoms with Crippen molar-refractivity contribution in [1.29, 1.82) is 0 Å². The number of imidazole rings is 1. The Kier molecular flexibility index (Phi) is 8.60. The molecule has 0 saturated carbocycles. The zero-order valence-electron chi connectivity index (χ0n) is 22.1. The molecule has 0 unspecified atom stereocenters. The van der Waals surface area contributed by atoms with Crippen LogP contribution in [0.15, 0.2) is 48.5 Å². The van der Waals surface area contributed by atoms with Gasteiger partial charge in [0.05, 0.1) is 6.54 Å². The van der Waals surface area contributed by atoms with Gasteiger partial charge < -0.3 is 18.8 Å². The quantitative estimate of drug-likeness (QED) is 0.212. The molecule has 2 aromatic heterocycles. The fourth-order valence-electron chi connectivity index (χ4n) is 4.01. The van der Waals surface area contributed by atoms with Gasteiger partial charge in [0.1, 0.15) is 11.4 Å². The Morgan fingerprint density at radius 3 is 2.36 bits per heavy atom. The summed E-state index contributed by atoms with van der Waals surface area (Å²) in [7, 11) is 0. The molecule has 1 N–H and O–H groups in total. The number of aromatic nitrogens is 6. The van der Waals surface area contributed by atoms with Crippen LogP contribution < -0.4 is 0 Å². The fraction of sp³-hybridized carbons (Fsp3) is 0.333.